The lowest BCUT2D eigenvalue weighted by Gasteiger charge is -2.28. The van der Waals surface area contributed by atoms with Crippen molar-refractivity contribution in [2.45, 2.75) is 51.2 Å². The van der Waals surface area contributed by atoms with Gasteiger partial charge in [-0.25, -0.2) is 19.3 Å². The number of hydrogen-bond donors (Lipinski definition) is 1. The van der Waals surface area contributed by atoms with E-state index in [-0.39, 0.29) is 11.9 Å². The number of anilines is 2. The van der Waals surface area contributed by atoms with Gasteiger partial charge in [-0.05, 0) is 64.1 Å². The second-order valence-electron chi connectivity index (χ2n) is 9.10. The summed E-state index contributed by atoms with van der Waals surface area (Å²) in [7, 11) is 3.79. The van der Waals surface area contributed by atoms with Gasteiger partial charge in [-0.15, -0.1) is 0 Å². The molecule has 0 aromatic carbocycles. The van der Waals surface area contributed by atoms with E-state index in [9.17, 15) is 4.39 Å². The maximum absolute atomic E-state index is 14.3. The van der Waals surface area contributed by atoms with Crippen molar-refractivity contribution in [1.82, 2.24) is 24.8 Å². The molecular weight excluding hydrogens is 427 g/mol. The molecule has 0 amide bonds. The Morgan fingerprint density at radius 3 is 2.69 bits per heavy atom. The van der Waals surface area contributed by atoms with Crippen molar-refractivity contribution >= 4 is 22.3 Å². The van der Waals surface area contributed by atoms with Crippen molar-refractivity contribution in [3.05, 3.63) is 42.1 Å². The first-order valence-electron chi connectivity index (χ1n) is 11.0. The molecule has 1 spiro atoms. The maximum atomic E-state index is 14.3. The van der Waals surface area contributed by atoms with Gasteiger partial charge in [0.05, 0.1) is 10.6 Å². The largest absolute Gasteiger partial charge is 0.460 e. The zero-order valence-electron chi connectivity index (χ0n) is 18.3. The SMILES string of the molecule is CN(C)Cc1cnc(Nc2ncc(-c3ccnc(OC4CCC5(CC4)CC5)n3)s2)cc1F. The molecule has 0 bridgehead atoms. The second-order valence-corrected chi connectivity index (χ2v) is 10.1. The summed E-state index contributed by atoms with van der Waals surface area (Å²) in [6, 6.07) is 3.66. The molecule has 9 heteroatoms. The summed E-state index contributed by atoms with van der Waals surface area (Å²) in [5, 5.41) is 3.70. The predicted octanol–water partition coefficient (Wildman–Crippen LogP) is 5.04. The van der Waals surface area contributed by atoms with Gasteiger partial charge in [-0.3, -0.25) is 0 Å². The van der Waals surface area contributed by atoms with E-state index >= 15 is 0 Å². The molecule has 0 saturated heterocycles. The highest BCUT2D eigenvalue weighted by Crippen LogP contribution is 2.56. The minimum Gasteiger partial charge on any atom is -0.460 e. The number of thiazole rings is 1. The van der Waals surface area contributed by atoms with Gasteiger partial charge in [-0.2, -0.15) is 4.98 Å². The van der Waals surface area contributed by atoms with Gasteiger partial charge in [-0.1, -0.05) is 11.3 Å². The highest BCUT2D eigenvalue weighted by molar-refractivity contribution is 7.18. The van der Waals surface area contributed by atoms with Crippen LogP contribution in [0.4, 0.5) is 15.3 Å². The molecule has 0 unspecified atom stereocenters. The molecule has 32 heavy (non-hydrogen) atoms. The van der Waals surface area contributed by atoms with Gasteiger partial charge in [0.1, 0.15) is 17.7 Å². The van der Waals surface area contributed by atoms with Crippen LogP contribution in [0.5, 0.6) is 6.01 Å². The molecule has 3 aromatic heterocycles. The highest BCUT2D eigenvalue weighted by atomic mass is 32.1. The van der Waals surface area contributed by atoms with Crippen LogP contribution < -0.4 is 10.1 Å². The molecule has 5 rings (SSSR count). The highest BCUT2D eigenvalue weighted by Gasteiger charge is 2.45. The maximum Gasteiger partial charge on any atom is 0.317 e. The molecule has 0 aliphatic heterocycles. The van der Waals surface area contributed by atoms with Crippen LogP contribution in [0.15, 0.2) is 30.7 Å². The molecule has 0 atom stereocenters. The Morgan fingerprint density at radius 1 is 1.16 bits per heavy atom. The minimum atomic E-state index is -0.291. The Bertz CT molecular complexity index is 1090. The van der Waals surface area contributed by atoms with E-state index in [0.717, 1.165) is 23.4 Å². The lowest BCUT2D eigenvalue weighted by molar-refractivity contribution is 0.114. The van der Waals surface area contributed by atoms with Crippen molar-refractivity contribution in [3.8, 4) is 16.6 Å². The Labute approximate surface area is 191 Å². The lowest BCUT2D eigenvalue weighted by Crippen LogP contribution is -2.25. The Balaban J connectivity index is 1.23. The van der Waals surface area contributed by atoms with E-state index in [1.165, 1.54) is 43.1 Å². The number of nitrogens with zero attached hydrogens (tertiary/aromatic N) is 5. The fraction of sp³-hybridized carbons (Fsp3) is 0.478. The van der Waals surface area contributed by atoms with E-state index in [1.807, 2.05) is 25.1 Å². The summed E-state index contributed by atoms with van der Waals surface area (Å²) in [6.07, 6.45) is 12.7. The number of ether oxygens (including phenoxy) is 1. The molecule has 2 fully saturated rings. The molecule has 2 saturated carbocycles. The minimum absolute atomic E-state index is 0.201. The molecule has 2 aliphatic rings. The first kappa shape index (κ1) is 21.2. The van der Waals surface area contributed by atoms with Crippen LogP contribution in [0.3, 0.4) is 0 Å². The zero-order valence-corrected chi connectivity index (χ0v) is 19.2. The van der Waals surface area contributed by atoms with Gasteiger partial charge >= 0.3 is 6.01 Å². The Kier molecular flexibility index (Phi) is 5.77. The number of pyridine rings is 1. The monoisotopic (exact) mass is 454 g/mol. The first-order chi connectivity index (χ1) is 15.5. The summed E-state index contributed by atoms with van der Waals surface area (Å²) in [6.45, 7) is 0.500. The number of rotatable bonds is 7. The van der Waals surface area contributed by atoms with Crippen LogP contribution in [0.1, 0.15) is 44.1 Å². The number of halogens is 1. The lowest BCUT2D eigenvalue weighted by atomic mass is 9.85. The van der Waals surface area contributed by atoms with Crippen molar-refractivity contribution in [3.63, 3.8) is 0 Å². The van der Waals surface area contributed by atoms with Gasteiger partial charge in [0.2, 0.25) is 0 Å². The smallest absolute Gasteiger partial charge is 0.317 e. The Morgan fingerprint density at radius 2 is 1.97 bits per heavy atom. The third-order valence-electron chi connectivity index (χ3n) is 6.27. The average molecular weight is 455 g/mol. The van der Waals surface area contributed by atoms with E-state index in [0.29, 0.717) is 34.5 Å². The molecule has 3 heterocycles. The standard InChI is InChI=1S/C23H27FN6OS/c1-30(2)14-15-12-26-20(11-17(15)24)29-22-27-13-19(32-22)18-5-10-25-21(28-18)31-16-3-6-23(7-4-16)8-9-23/h5,10-13,16H,3-4,6-9,14H2,1-2H3,(H,26,27,29). The van der Waals surface area contributed by atoms with Gasteiger partial charge in [0.25, 0.3) is 0 Å². The molecule has 7 nitrogen and oxygen atoms in total. The van der Waals surface area contributed by atoms with E-state index in [4.69, 9.17) is 4.74 Å². The average Bonchev–Trinajstić information content (AvgIpc) is 3.36. The molecule has 3 aromatic rings. The normalized spacial score (nSPS) is 17.6. The zero-order chi connectivity index (χ0) is 22.1. The molecular formula is C23H27FN6OS. The van der Waals surface area contributed by atoms with E-state index in [2.05, 4.69) is 25.3 Å². The molecule has 1 N–H and O–H groups in total. The van der Waals surface area contributed by atoms with Crippen LogP contribution in [0, 0.1) is 11.2 Å². The van der Waals surface area contributed by atoms with Crippen LogP contribution in [-0.2, 0) is 6.54 Å². The first-order valence-corrected chi connectivity index (χ1v) is 11.8. The van der Waals surface area contributed by atoms with Crippen LogP contribution in [0.25, 0.3) is 10.6 Å². The predicted molar refractivity (Wildman–Crippen MR) is 123 cm³/mol. The third kappa shape index (κ3) is 4.88. The summed E-state index contributed by atoms with van der Waals surface area (Å²) in [4.78, 5) is 20.4. The van der Waals surface area contributed by atoms with Crippen molar-refractivity contribution < 1.29 is 9.13 Å². The number of hydrogen-bond acceptors (Lipinski definition) is 8. The van der Waals surface area contributed by atoms with Crippen molar-refractivity contribution in [1.29, 1.82) is 0 Å². The summed E-state index contributed by atoms with van der Waals surface area (Å²) in [5.41, 5.74) is 1.95. The van der Waals surface area contributed by atoms with E-state index in [1.54, 1.807) is 18.6 Å². The van der Waals surface area contributed by atoms with Gasteiger partial charge in [0.15, 0.2) is 5.13 Å². The number of nitrogens with one attached hydrogen (secondary N) is 1. The quantitative estimate of drug-likeness (QED) is 0.536. The van der Waals surface area contributed by atoms with Crippen molar-refractivity contribution in [2.75, 3.05) is 19.4 Å². The summed E-state index contributed by atoms with van der Waals surface area (Å²) < 4.78 is 20.4. The third-order valence-corrected chi connectivity index (χ3v) is 7.20. The van der Waals surface area contributed by atoms with Crippen LogP contribution in [0.2, 0.25) is 0 Å². The van der Waals surface area contributed by atoms with Crippen molar-refractivity contribution in [2.24, 2.45) is 5.41 Å². The fourth-order valence-electron chi connectivity index (χ4n) is 4.23. The topological polar surface area (TPSA) is 76.1 Å². The molecule has 0 radical (unpaired) electrons. The second kappa shape index (κ2) is 8.71. The Hall–Kier alpha value is -2.65. The number of aromatic nitrogens is 4. The van der Waals surface area contributed by atoms with Crippen LogP contribution >= 0.6 is 11.3 Å². The molecule has 168 valence electrons. The molecule has 2 aliphatic carbocycles. The van der Waals surface area contributed by atoms with E-state index < -0.39 is 0 Å². The van der Waals surface area contributed by atoms with Crippen LogP contribution in [-0.4, -0.2) is 45.0 Å². The van der Waals surface area contributed by atoms with Gasteiger partial charge in [0, 0.05) is 36.8 Å². The summed E-state index contributed by atoms with van der Waals surface area (Å²) in [5.74, 6) is 0.129. The fourth-order valence-corrected chi connectivity index (χ4v) is 5.02. The summed E-state index contributed by atoms with van der Waals surface area (Å²) >= 11 is 1.43. The van der Waals surface area contributed by atoms with Gasteiger partial charge < -0.3 is 15.0 Å².